The van der Waals surface area contributed by atoms with Crippen LogP contribution in [0, 0.1) is 6.92 Å². The SMILES string of the molecule is CCOC(=O)c1nc(C)n(C(C)(C)C(N)=O)c1N. The Balaban J connectivity index is 3.33. The van der Waals surface area contributed by atoms with Crippen LogP contribution in [-0.4, -0.2) is 28.0 Å². The van der Waals surface area contributed by atoms with Crippen molar-refractivity contribution in [2.24, 2.45) is 5.73 Å². The van der Waals surface area contributed by atoms with E-state index in [4.69, 9.17) is 16.2 Å². The summed E-state index contributed by atoms with van der Waals surface area (Å²) in [6, 6.07) is 0. The number of aromatic nitrogens is 2. The van der Waals surface area contributed by atoms with Gasteiger partial charge in [0.1, 0.15) is 17.2 Å². The normalized spacial score (nSPS) is 11.3. The highest BCUT2D eigenvalue weighted by molar-refractivity contribution is 5.93. The molecule has 0 spiro atoms. The molecule has 1 aromatic rings. The van der Waals surface area contributed by atoms with Gasteiger partial charge in [-0.15, -0.1) is 0 Å². The highest BCUT2D eigenvalue weighted by Gasteiger charge is 2.33. The first-order valence-corrected chi connectivity index (χ1v) is 5.55. The van der Waals surface area contributed by atoms with E-state index in [-0.39, 0.29) is 18.1 Å². The van der Waals surface area contributed by atoms with Gasteiger partial charge >= 0.3 is 5.97 Å². The minimum Gasteiger partial charge on any atom is -0.461 e. The first-order valence-electron chi connectivity index (χ1n) is 5.55. The monoisotopic (exact) mass is 254 g/mol. The zero-order valence-electron chi connectivity index (χ0n) is 11.0. The Morgan fingerprint density at radius 1 is 1.44 bits per heavy atom. The Morgan fingerprint density at radius 3 is 2.44 bits per heavy atom. The molecule has 0 bridgehead atoms. The topological polar surface area (TPSA) is 113 Å². The maximum atomic E-state index is 11.6. The number of carbonyl (C=O) groups is 2. The van der Waals surface area contributed by atoms with E-state index < -0.39 is 17.4 Å². The summed E-state index contributed by atoms with van der Waals surface area (Å²) in [5.74, 6) is -0.670. The van der Waals surface area contributed by atoms with E-state index in [0.29, 0.717) is 5.82 Å². The van der Waals surface area contributed by atoms with Gasteiger partial charge in [-0.3, -0.25) is 9.36 Å². The largest absolute Gasteiger partial charge is 0.461 e. The van der Waals surface area contributed by atoms with Gasteiger partial charge in [0.2, 0.25) is 5.91 Å². The van der Waals surface area contributed by atoms with Crippen LogP contribution in [0.4, 0.5) is 5.82 Å². The number of esters is 1. The summed E-state index contributed by atoms with van der Waals surface area (Å²) in [4.78, 5) is 27.1. The molecular formula is C11H18N4O3. The van der Waals surface area contributed by atoms with Crippen LogP contribution in [0.25, 0.3) is 0 Å². The fourth-order valence-electron chi connectivity index (χ4n) is 1.71. The molecule has 100 valence electrons. The van der Waals surface area contributed by atoms with Crippen LogP contribution in [0.1, 0.15) is 37.1 Å². The Morgan fingerprint density at radius 2 is 2.00 bits per heavy atom. The van der Waals surface area contributed by atoms with Crippen molar-refractivity contribution >= 4 is 17.7 Å². The predicted molar refractivity (Wildman–Crippen MR) is 65.8 cm³/mol. The van der Waals surface area contributed by atoms with Gasteiger partial charge in [-0.25, -0.2) is 9.78 Å². The number of hydrogen-bond donors (Lipinski definition) is 2. The average Bonchev–Trinajstić information content (AvgIpc) is 2.54. The molecule has 1 heterocycles. The number of imidazole rings is 1. The Labute approximate surface area is 105 Å². The van der Waals surface area contributed by atoms with Gasteiger partial charge in [0.15, 0.2) is 5.69 Å². The fourth-order valence-corrected chi connectivity index (χ4v) is 1.71. The van der Waals surface area contributed by atoms with Crippen LogP contribution in [0.5, 0.6) is 0 Å². The maximum absolute atomic E-state index is 11.6. The fraction of sp³-hybridized carbons (Fsp3) is 0.545. The number of nitrogens with two attached hydrogens (primary N) is 2. The lowest BCUT2D eigenvalue weighted by molar-refractivity contribution is -0.125. The summed E-state index contributed by atoms with van der Waals surface area (Å²) in [7, 11) is 0. The lowest BCUT2D eigenvalue weighted by Crippen LogP contribution is -2.42. The Bertz CT molecular complexity index is 491. The van der Waals surface area contributed by atoms with Gasteiger partial charge in [0.25, 0.3) is 0 Å². The Kier molecular flexibility index (Phi) is 3.64. The molecule has 0 saturated heterocycles. The number of nitrogen functional groups attached to an aromatic ring is 1. The summed E-state index contributed by atoms with van der Waals surface area (Å²) in [6.07, 6.45) is 0. The van der Waals surface area contributed by atoms with Crippen molar-refractivity contribution in [2.75, 3.05) is 12.3 Å². The first-order chi connectivity index (χ1) is 8.23. The molecule has 1 rings (SSSR count). The number of aryl methyl sites for hydroxylation is 1. The van der Waals surface area contributed by atoms with E-state index in [1.54, 1.807) is 27.7 Å². The number of rotatable bonds is 4. The lowest BCUT2D eigenvalue weighted by Gasteiger charge is -2.25. The number of carbonyl (C=O) groups excluding carboxylic acids is 2. The van der Waals surface area contributed by atoms with Crippen molar-refractivity contribution < 1.29 is 14.3 Å². The number of ether oxygens (including phenoxy) is 1. The molecule has 0 fully saturated rings. The van der Waals surface area contributed by atoms with Crippen LogP contribution in [0.2, 0.25) is 0 Å². The molecule has 0 aromatic carbocycles. The van der Waals surface area contributed by atoms with Crippen LogP contribution >= 0.6 is 0 Å². The summed E-state index contributed by atoms with van der Waals surface area (Å²) >= 11 is 0. The van der Waals surface area contributed by atoms with Crippen LogP contribution in [0.15, 0.2) is 0 Å². The number of anilines is 1. The van der Waals surface area contributed by atoms with Crippen molar-refractivity contribution in [3.63, 3.8) is 0 Å². The van der Waals surface area contributed by atoms with Crippen molar-refractivity contribution in [3.05, 3.63) is 11.5 Å². The molecule has 0 aliphatic heterocycles. The highest BCUT2D eigenvalue weighted by Crippen LogP contribution is 2.25. The van der Waals surface area contributed by atoms with E-state index in [1.807, 2.05) is 0 Å². The van der Waals surface area contributed by atoms with Gasteiger partial charge in [-0.05, 0) is 27.7 Å². The summed E-state index contributed by atoms with van der Waals surface area (Å²) in [5.41, 5.74) is 10.1. The van der Waals surface area contributed by atoms with Gasteiger partial charge in [-0.2, -0.15) is 0 Å². The van der Waals surface area contributed by atoms with E-state index in [9.17, 15) is 9.59 Å². The zero-order chi connectivity index (χ0) is 14.1. The number of nitrogens with zero attached hydrogens (tertiary/aromatic N) is 2. The number of amides is 1. The minimum absolute atomic E-state index is 0.00340. The molecule has 0 saturated carbocycles. The number of hydrogen-bond acceptors (Lipinski definition) is 5. The summed E-state index contributed by atoms with van der Waals surface area (Å²) in [6.45, 7) is 6.77. The van der Waals surface area contributed by atoms with Crippen LogP contribution in [-0.2, 0) is 15.1 Å². The molecule has 0 atom stereocenters. The molecule has 4 N–H and O–H groups in total. The second-order valence-electron chi connectivity index (χ2n) is 4.37. The second kappa shape index (κ2) is 4.67. The quantitative estimate of drug-likeness (QED) is 0.743. The summed E-state index contributed by atoms with van der Waals surface area (Å²) < 4.78 is 6.27. The third-order valence-corrected chi connectivity index (χ3v) is 2.71. The third-order valence-electron chi connectivity index (χ3n) is 2.71. The average molecular weight is 254 g/mol. The molecule has 7 nitrogen and oxygen atoms in total. The standard InChI is InChI=1S/C11H18N4O3/c1-5-18-9(16)7-8(12)15(6(2)14-7)11(3,4)10(13)17/h5,12H2,1-4H3,(H2,13,17). The van der Waals surface area contributed by atoms with Crippen molar-refractivity contribution in [1.29, 1.82) is 0 Å². The lowest BCUT2D eigenvalue weighted by atomic mass is 10.0. The van der Waals surface area contributed by atoms with E-state index in [2.05, 4.69) is 4.98 Å². The molecule has 0 aliphatic carbocycles. The van der Waals surface area contributed by atoms with Gasteiger partial charge in [-0.1, -0.05) is 0 Å². The molecule has 0 radical (unpaired) electrons. The first kappa shape index (κ1) is 14.0. The van der Waals surface area contributed by atoms with Gasteiger partial charge in [0, 0.05) is 0 Å². The van der Waals surface area contributed by atoms with Gasteiger partial charge in [0.05, 0.1) is 6.61 Å². The van der Waals surface area contributed by atoms with Crippen LogP contribution in [0.3, 0.4) is 0 Å². The Hall–Kier alpha value is -2.05. The van der Waals surface area contributed by atoms with Crippen molar-refractivity contribution in [2.45, 2.75) is 33.2 Å². The van der Waals surface area contributed by atoms with Gasteiger partial charge < -0.3 is 16.2 Å². The minimum atomic E-state index is -1.06. The molecule has 1 amide bonds. The molecule has 1 aromatic heterocycles. The van der Waals surface area contributed by atoms with Crippen LogP contribution < -0.4 is 11.5 Å². The summed E-state index contributed by atoms with van der Waals surface area (Å²) in [5, 5.41) is 0. The smallest absolute Gasteiger partial charge is 0.360 e. The third kappa shape index (κ3) is 2.15. The maximum Gasteiger partial charge on any atom is 0.360 e. The molecule has 0 aliphatic rings. The second-order valence-corrected chi connectivity index (χ2v) is 4.37. The molecule has 0 unspecified atom stereocenters. The molecule has 18 heavy (non-hydrogen) atoms. The predicted octanol–water partition coefficient (Wildman–Crippen LogP) is 0.171. The van der Waals surface area contributed by atoms with Crippen molar-refractivity contribution in [1.82, 2.24) is 9.55 Å². The zero-order valence-corrected chi connectivity index (χ0v) is 11.0. The molecule has 7 heteroatoms. The van der Waals surface area contributed by atoms with Crippen molar-refractivity contribution in [3.8, 4) is 0 Å². The van der Waals surface area contributed by atoms with E-state index in [1.165, 1.54) is 4.57 Å². The van der Waals surface area contributed by atoms with E-state index >= 15 is 0 Å². The van der Waals surface area contributed by atoms with E-state index in [0.717, 1.165) is 0 Å². The number of primary amides is 1. The highest BCUT2D eigenvalue weighted by atomic mass is 16.5. The molecular weight excluding hydrogens is 236 g/mol.